The van der Waals surface area contributed by atoms with E-state index in [4.69, 9.17) is 0 Å². The molecule has 2 nitrogen and oxygen atoms in total. The van der Waals surface area contributed by atoms with Gasteiger partial charge in [-0.3, -0.25) is 4.98 Å². The first kappa shape index (κ1) is 14.2. The quantitative estimate of drug-likeness (QED) is 0.923. The molecular weight excluding hydrogens is 265 g/mol. The minimum atomic E-state index is -1.06. The third kappa shape index (κ3) is 2.70. The fraction of sp³-hybridized carbons (Fsp3) is 0.389. The molecule has 110 valence electrons. The van der Waals surface area contributed by atoms with Crippen LogP contribution >= 0.6 is 0 Å². The Hall–Kier alpha value is -1.74. The molecule has 1 aromatic heterocycles. The van der Waals surface area contributed by atoms with Crippen molar-refractivity contribution in [2.45, 2.75) is 37.7 Å². The van der Waals surface area contributed by atoms with Crippen molar-refractivity contribution >= 4 is 0 Å². The van der Waals surface area contributed by atoms with Crippen molar-refractivity contribution in [3.05, 3.63) is 65.7 Å². The third-order valence-corrected chi connectivity index (χ3v) is 4.60. The zero-order valence-corrected chi connectivity index (χ0v) is 12.0. The van der Waals surface area contributed by atoms with Crippen molar-refractivity contribution < 1.29 is 9.50 Å². The molecule has 2 aromatic rings. The molecule has 1 aromatic carbocycles. The number of aromatic nitrogens is 1. The highest BCUT2D eigenvalue weighted by Crippen LogP contribution is 2.43. The highest BCUT2D eigenvalue weighted by Gasteiger charge is 2.40. The molecule has 0 saturated heterocycles. The summed E-state index contributed by atoms with van der Waals surface area (Å²) in [7, 11) is 0. The van der Waals surface area contributed by atoms with Gasteiger partial charge in [0.2, 0.25) is 0 Å². The Kier molecular flexibility index (Phi) is 4.02. The van der Waals surface area contributed by atoms with Gasteiger partial charge in [-0.2, -0.15) is 0 Å². The Morgan fingerprint density at radius 3 is 2.10 bits per heavy atom. The summed E-state index contributed by atoms with van der Waals surface area (Å²) in [6, 6.07) is 9.96. The highest BCUT2D eigenvalue weighted by molar-refractivity contribution is 5.36. The third-order valence-electron chi connectivity index (χ3n) is 4.60. The fourth-order valence-corrected chi connectivity index (χ4v) is 3.47. The topological polar surface area (TPSA) is 33.1 Å². The van der Waals surface area contributed by atoms with E-state index in [9.17, 15) is 9.50 Å². The van der Waals surface area contributed by atoms with Crippen LogP contribution in [0.1, 0.15) is 43.2 Å². The molecule has 0 aliphatic heterocycles. The van der Waals surface area contributed by atoms with E-state index in [1.807, 2.05) is 12.1 Å². The molecule has 1 aliphatic rings. The number of halogens is 1. The van der Waals surface area contributed by atoms with Crippen molar-refractivity contribution in [3.8, 4) is 0 Å². The number of pyridine rings is 1. The van der Waals surface area contributed by atoms with Crippen molar-refractivity contribution in [3.63, 3.8) is 0 Å². The highest BCUT2D eigenvalue weighted by atomic mass is 19.1. The van der Waals surface area contributed by atoms with E-state index in [1.54, 1.807) is 24.5 Å². The summed E-state index contributed by atoms with van der Waals surface area (Å²) in [5.41, 5.74) is 0.551. The summed E-state index contributed by atoms with van der Waals surface area (Å²) in [5, 5.41) is 11.5. The van der Waals surface area contributed by atoms with E-state index in [1.165, 1.54) is 18.6 Å². The predicted octanol–water partition coefficient (Wildman–Crippen LogP) is 4.04. The van der Waals surface area contributed by atoms with Gasteiger partial charge in [0.15, 0.2) is 0 Å². The molecule has 1 atom stereocenters. The molecule has 0 unspecified atom stereocenters. The SMILES string of the molecule is O[C@@](c1ccncc1)(c1ccc(F)cc1)C1CCCCC1. The van der Waals surface area contributed by atoms with Crippen LogP contribution in [0.2, 0.25) is 0 Å². The van der Waals surface area contributed by atoms with E-state index in [0.29, 0.717) is 0 Å². The summed E-state index contributed by atoms with van der Waals surface area (Å²) >= 11 is 0. The maximum atomic E-state index is 13.2. The maximum absolute atomic E-state index is 13.2. The zero-order chi connectivity index (χ0) is 14.7. The van der Waals surface area contributed by atoms with Crippen molar-refractivity contribution in [2.75, 3.05) is 0 Å². The lowest BCUT2D eigenvalue weighted by Gasteiger charge is -2.39. The van der Waals surface area contributed by atoms with Crippen LogP contribution in [-0.2, 0) is 5.60 Å². The van der Waals surface area contributed by atoms with Crippen LogP contribution in [0, 0.1) is 11.7 Å². The summed E-state index contributed by atoms with van der Waals surface area (Å²) in [6.07, 6.45) is 8.90. The minimum absolute atomic E-state index is 0.166. The van der Waals surface area contributed by atoms with Crippen LogP contribution in [-0.4, -0.2) is 10.1 Å². The second-order valence-corrected chi connectivity index (χ2v) is 5.84. The standard InChI is InChI=1S/C18H20FNO/c19-17-8-6-15(7-9-17)18(21,14-4-2-1-3-5-14)16-10-12-20-13-11-16/h6-14,21H,1-5H2/t18-/m1/s1. The fourth-order valence-electron chi connectivity index (χ4n) is 3.47. The number of hydrogen-bond acceptors (Lipinski definition) is 2. The van der Waals surface area contributed by atoms with Crippen LogP contribution in [0.5, 0.6) is 0 Å². The lowest BCUT2D eigenvalue weighted by molar-refractivity contribution is -0.000830. The Bertz CT molecular complexity index is 578. The summed E-state index contributed by atoms with van der Waals surface area (Å²) < 4.78 is 13.2. The van der Waals surface area contributed by atoms with Gasteiger partial charge in [0.1, 0.15) is 11.4 Å². The van der Waals surface area contributed by atoms with Gasteiger partial charge in [-0.05, 0) is 54.2 Å². The van der Waals surface area contributed by atoms with Crippen LogP contribution in [0.4, 0.5) is 4.39 Å². The Morgan fingerprint density at radius 2 is 1.48 bits per heavy atom. The van der Waals surface area contributed by atoms with E-state index >= 15 is 0 Å². The number of aliphatic hydroxyl groups is 1. The molecule has 1 N–H and O–H groups in total. The van der Waals surface area contributed by atoms with E-state index in [-0.39, 0.29) is 11.7 Å². The van der Waals surface area contributed by atoms with Crippen LogP contribution < -0.4 is 0 Å². The number of rotatable bonds is 3. The maximum Gasteiger partial charge on any atom is 0.123 e. The molecule has 3 rings (SSSR count). The molecule has 0 bridgehead atoms. The Balaban J connectivity index is 2.07. The second kappa shape index (κ2) is 5.94. The molecule has 1 fully saturated rings. The Morgan fingerprint density at radius 1 is 0.905 bits per heavy atom. The van der Waals surface area contributed by atoms with E-state index in [2.05, 4.69) is 4.98 Å². The van der Waals surface area contributed by atoms with Gasteiger partial charge < -0.3 is 5.11 Å². The van der Waals surface area contributed by atoms with Gasteiger partial charge in [0.05, 0.1) is 0 Å². The molecular formula is C18H20FNO. The number of hydrogen-bond donors (Lipinski definition) is 1. The molecule has 3 heteroatoms. The van der Waals surface area contributed by atoms with Crippen LogP contribution in [0.25, 0.3) is 0 Å². The number of benzene rings is 1. The predicted molar refractivity (Wildman–Crippen MR) is 80.2 cm³/mol. The van der Waals surface area contributed by atoms with Gasteiger partial charge in [0, 0.05) is 12.4 Å². The van der Waals surface area contributed by atoms with Crippen LogP contribution in [0.3, 0.4) is 0 Å². The van der Waals surface area contributed by atoms with Crippen molar-refractivity contribution in [1.82, 2.24) is 4.98 Å². The number of nitrogens with zero attached hydrogens (tertiary/aromatic N) is 1. The van der Waals surface area contributed by atoms with Crippen LogP contribution in [0.15, 0.2) is 48.8 Å². The molecule has 1 aliphatic carbocycles. The molecule has 0 radical (unpaired) electrons. The first-order valence-corrected chi connectivity index (χ1v) is 7.60. The monoisotopic (exact) mass is 285 g/mol. The van der Waals surface area contributed by atoms with Crippen molar-refractivity contribution in [1.29, 1.82) is 0 Å². The van der Waals surface area contributed by atoms with Gasteiger partial charge in [-0.15, -0.1) is 0 Å². The Labute approximate surface area is 124 Å². The molecule has 21 heavy (non-hydrogen) atoms. The first-order chi connectivity index (χ1) is 10.2. The summed E-state index contributed by atoms with van der Waals surface area (Å²) in [5.74, 6) is -0.112. The molecule has 1 heterocycles. The van der Waals surface area contributed by atoms with Gasteiger partial charge in [-0.25, -0.2) is 4.39 Å². The van der Waals surface area contributed by atoms with Gasteiger partial charge in [0.25, 0.3) is 0 Å². The second-order valence-electron chi connectivity index (χ2n) is 5.84. The lowest BCUT2D eigenvalue weighted by Crippen LogP contribution is -2.37. The van der Waals surface area contributed by atoms with Crippen molar-refractivity contribution in [2.24, 2.45) is 5.92 Å². The molecule has 0 amide bonds. The minimum Gasteiger partial charge on any atom is -0.380 e. The summed E-state index contributed by atoms with van der Waals surface area (Å²) in [4.78, 5) is 4.04. The summed E-state index contributed by atoms with van der Waals surface area (Å²) in [6.45, 7) is 0. The van der Waals surface area contributed by atoms with E-state index < -0.39 is 5.60 Å². The largest absolute Gasteiger partial charge is 0.380 e. The molecule has 1 saturated carbocycles. The molecule has 0 spiro atoms. The normalized spacial score (nSPS) is 19.1. The van der Waals surface area contributed by atoms with E-state index in [0.717, 1.165) is 36.8 Å². The lowest BCUT2D eigenvalue weighted by atomic mass is 9.70. The first-order valence-electron chi connectivity index (χ1n) is 7.60. The smallest absolute Gasteiger partial charge is 0.123 e. The zero-order valence-electron chi connectivity index (χ0n) is 12.0. The van der Waals surface area contributed by atoms with Gasteiger partial charge >= 0.3 is 0 Å². The average Bonchev–Trinajstić information content (AvgIpc) is 2.56. The van der Waals surface area contributed by atoms with Gasteiger partial charge in [-0.1, -0.05) is 31.4 Å². The average molecular weight is 285 g/mol.